The lowest BCUT2D eigenvalue weighted by Crippen LogP contribution is -2.48. The van der Waals surface area contributed by atoms with E-state index in [1.807, 2.05) is 4.90 Å². The van der Waals surface area contributed by atoms with Crippen molar-refractivity contribution in [2.24, 2.45) is 0 Å². The van der Waals surface area contributed by atoms with Gasteiger partial charge in [-0.2, -0.15) is 9.57 Å². The molecule has 1 heterocycles. The van der Waals surface area contributed by atoms with E-state index in [0.717, 1.165) is 11.8 Å². The molecular weight excluding hydrogens is 421 g/mol. The first kappa shape index (κ1) is 21.0. The SMILES string of the molecule is N#CCOC(=O)c1ccc(Cl)c(S(=O)(=O)N2CCN(c3ccc(F)cc3)CC2)c1. The van der Waals surface area contributed by atoms with Gasteiger partial charge in [-0.15, -0.1) is 0 Å². The Balaban J connectivity index is 1.77. The largest absolute Gasteiger partial charge is 0.447 e. The minimum atomic E-state index is -3.94. The molecule has 0 radical (unpaired) electrons. The number of piperazine rings is 1. The van der Waals surface area contributed by atoms with E-state index < -0.39 is 22.6 Å². The molecular formula is C19H17ClFN3O4S. The van der Waals surface area contributed by atoms with Crippen molar-refractivity contribution in [2.45, 2.75) is 4.90 Å². The topological polar surface area (TPSA) is 90.7 Å². The number of sulfonamides is 1. The Bertz CT molecular complexity index is 1050. The van der Waals surface area contributed by atoms with Gasteiger partial charge in [0.15, 0.2) is 6.61 Å². The standard InChI is InChI=1S/C19H17ClFN3O4S/c20-17-6-1-14(19(25)28-12-7-22)13-18(17)29(26,27)24-10-8-23(9-11-24)16-4-2-15(21)3-5-16/h1-6,13H,8-12H2. The highest BCUT2D eigenvalue weighted by Crippen LogP contribution is 2.28. The lowest BCUT2D eigenvalue weighted by molar-refractivity contribution is 0.0554. The molecule has 0 saturated carbocycles. The number of esters is 1. The molecule has 1 aliphatic rings. The fourth-order valence-electron chi connectivity index (χ4n) is 2.99. The normalized spacial score (nSPS) is 15.0. The molecule has 0 N–H and O–H groups in total. The van der Waals surface area contributed by atoms with Gasteiger partial charge >= 0.3 is 5.97 Å². The monoisotopic (exact) mass is 437 g/mol. The lowest BCUT2D eigenvalue weighted by Gasteiger charge is -2.35. The van der Waals surface area contributed by atoms with Gasteiger partial charge in [-0.3, -0.25) is 0 Å². The Hall–Kier alpha value is -2.67. The van der Waals surface area contributed by atoms with Crippen LogP contribution < -0.4 is 4.90 Å². The second kappa shape index (κ2) is 8.78. The number of benzene rings is 2. The predicted octanol–water partition coefficient (Wildman–Crippen LogP) is 2.67. The van der Waals surface area contributed by atoms with Gasteiger partial charge in [0.25, 0.3) is 0 Å². The van der Waals surface area contributed by atoms with Crippen molar-refractivity contribution in [1.29, 1.82) is 5.26 Å². The molecule has 0 unspecified atom stereocenters. The molecule has 0 aliphatic carbocycles. The summed E-state index contributed by atoms with van der Waals surface area (Å²) < 4.78 is 45.2. The first-order chi connectivity index (χ1) is 13.8. The van der Waals surface area contributed by atoms with Gasteiger partial charge in [0.1, 0.15) is 16.8 Å². The third-order valence-corrected chi connectivity index (χ3v) is 6.86. The number of halogens is 2. The second-order valence-corrected chi connectivity index (χ2v) is 8.56. The third-order valence-electron chi connectivity index (χ3n) is 4.48. The number of nitriles is 1. The fraction of sp³-hybridized carbons (Fsp3) is 0.263. The molecule has 0 spiro atoms. The Morgan fingerprint density at radius 2 is 1.79 bits per heavy atom. The molecule has 1 fully saturated rings. The summed E-state index contributed by atoms with van der Waals surface area (Å²) >= 11 is 6.09. The van der Waals surface area contributed by atoms with Gasteiger partial charge in [0, 0.05) is 31.9 Å². The zero-order valence-corrected chi connectivity index (χ0v) is 16.8. The summed E-state index contributed by atoms with van der Waals surface area (Å²) in [7, 11) is -3.94. The molecule has 7 nitrogen and oxygen atoms in total. The van der Waals surface area contributed by atoms with Crippen molar-refractivity contribution in [3.63, 3.8) is 0 Å². The zero-order valence-electron chi connectivity index (χ0n) is 15.2. The van der Waals surface area contributed by atoms with Crippen LogP contribution in [0.3, 0.4) is 0 Å². The highest BCUT2D eigenvalue weighted by Gasteiger charge is 2.31. The van der Waals surface area contributed by atoms with Crippen LogP contribution in [-0.4, -0.2) is 51.5 Å². The number of rotatable bonds is 5. The minimum Gasteiger partial charge on any atom is -0.447 e. The van der Waals surface area contributed by atoms with Gasteiger partial charge in [-0.1, -0.05) is 11.6 Å². The number of nitrogens with zero attached hydrogens (tertiary/aromatic N) is 3. The van der Waals surface area contributed by atoms with Crippen LogP contribution in [0.2, 0.25) is 5.02 Å². The van der Waals surface area contributed by atoms with Gasteiger partial charge in [-0.05, 0) is 42.5 Å². The van der Waals surface area contributed by atoms with Crippen molar-refractivity contribution in [1.82, 2.24) is 4.31 Å². The highest BCUT2D eigenvalue weighted by atomic mass is 35.5. The van der Waals surface area contributed by atoms with Crippen LogP contribution in [0.15, 0.2) is 47.4 Å². The summed E-state index contributed by atoms with van der Waals surface area (Å²) in [5.74, 6) is -1.14. The molecule has 0 atom stereocenters. The summed E-state index contributed by atoms with van der Waals surface area (Å²) in [6.07, 6.45) is 0. The maximum Gasteiger partial charge on any atom is 0.339 e. The van der Waals surface area contributed by atoms with Crippen LogP contribution >= 0.6 is 11.6 Å². The van der Waals surface area contributed by atoms with Crippen molar-refractivity contribution in [3.8, 4) is 6.07 Å². The van der Waals surface area contributed by atoms with Crippen molar-refractivity contribution in [3.05, 3.63) is 58.9 Å². The van der Waals surface area contributed by atoms with Crippen LogP contribution in [0.5, 0.6) is 0 Å². The summed E-state index contributed by atoms with van der Waals surface area (Å²) in [4.78, 5) is 13.7. The molecule has 10 heteroatoms. The zero-order chi connectivity index (χ0) is 21.0. The summed E-state index contributed by atoms with van der Waals surface area (Å²) in [5.41, 5.74) is 0.803. The van der Waals surface area contributed by atoms with Crippen molar-refractivity contribution >= 4 is 33.3 Å². The van der Waals surface area contributed by atoms with E-state index in [0.29, 0.717) is 13.1 Å². The Morgan fingerprint density at radius 1 is 1.14 bits per heavy atom. The minimum absolute atomic E-state index is 0.00632. The van der Waals surface area contributed by atoms with E-state index in [-0.39, 0.29) is 34.4 Å². The molecule has 0 bridgehead atoms. The van der Waals surface area contributed by atoms with Crippen molar-refractivity contribution in [2.75, 3.05) is 37.7 Å². The van der Waals surface area contributed by atoms with Crippen LogP contribution in [0.1, 0.15) is 10.4 Å². The molecule has 1 aliphatic heterocycles. The highest BCUT2D eigenvalue weighted by molar-refractivity contribution is 7.89. The summed E-state index contributed by atoms with van der Waals surface area (Å²) in [5, 5.41) is 8.49. The van der Waals surface area contributed by atoms with Gasteiger partial charge in [0.2, 0.25) is 10.0 Å². The molecule has 3 rings (SSSR count). The number of carbonyl (C=O) groups is 1. The average Bonchev–Trinajstić information content (AvgIpc) is 2.73. The van der Waals surface area contributed by atoms with Crippen molar-refractivity contribution < 1.29 is 22.3 Å². The first-order valence-electron chi connectivity index (χ1n) is 8.67. The smallest absolute Gasteiger partial charge is 0.339 e. The Morgan fingerprint density at radius 3 is 2.41 bits per heavy atom. The van der Waals surface area contributed by atoms with Crippen LogP contribution in [0.25, 0.3) is 0 Å². The molecule has 0 amide bonds. The van der Waals surface area contributed by atoms with E-state index in [9.17, 15) is 17.6 Å². The van der Waals surface area contributed by atoms with E-state index in [1.54, 1.807) is 18.2 Å². The van der Waals surface area contributed by atoms with Crippen LogP contribution in [-0.2, 0) is 14.8 Å². The van der Waals surface area contributed by atoms with Crippen LogP contribution in [0, 0.1) is 17.1 Å². The number of hydrogen-bond acceptors (Lipinski definition) is 6. The molecule has 2 aromatic rings. The first-order valence-corrected chi connectivity index (χ1v) is 10.5. The van der Waals surface area contributed by atoms with E-state index >= 15 is 0 Å². The summed E-state index contributed by atoms with van der Waals surface area (Å²) in [6.45, 7) is 0.825. The van der Waals surface area contributed by atoms with Crippen LogP contribution in [0.4, 0.5) is 10.1 Å². The van der Waals surface area contributed by atoms with E-state index in [1.165, 1.54) is 28.6 Å². The maximum absolute atomic E-state index is 13.1. The molecule has 152 valence electrons. The number of hydrogen-bond donors (Lipinski definition) is 0. The van der Waals surface area contributed by atoms with E-state index in [4.69, 9.17) is 21.6 Å². The molecule has 1 saturated heterocycles. The number of anilines is 1. The fourth-order valence-corrected chi connectivity index (χ4v) is 4.91. The lowest BCUT2D eigenvalue weighted by atomic mass is 10.2. The van der Waals surface area contributed by atoms with Gasteiger partial charge in [-0.25, -0.2) is 17.6 Å². The Kier molecular flexibility index (Phi) is 6.37. The predicted molar refractivity (Wildman–Crippen MR) is 105 cm³/mol. The third kappa shape index (κ3) is 4.67. The quantitative estimate of drug-likeness (QED) is 0.668. The number of ether oxygens (including phenoxy) is 1. The number of carbonyl (C=O) groups excluding carboxylic acids is 1. The Labute approximate surface area is 172 Å². The van der Waals surface area contributed by atoms with E-state index in [2.05, 4.69) is 0 Å². The molecule has 2 aromatic carbocycles. The molecule has 0 aromatic heterocycles. The van der Waals surface area contributed by atoms with Gasteiger partial charge < -0.3 is 9.64 Å². The van der Waals surface area contributed by atoms with Gasteiger partial charge in [0.05, 0.1) is 10.6 Å². The maximum atomic E-state index is 13.1. The second-order valence-electron chi connectivity index (χ2n) is 6.25. The summed E-state index contributed by atoms with van der Waals surface area (Å²) in [6, 6.07) is 11.5. The average molecular weight is 438 g/mol. The molecule has 29 heavy (non-hydrogen) atoms.